The van der Waals surface area contributed by atoms with Crippen LogP contribution in [0.2, 0.25) is 5.02 Å². The van der Waals surface area contributed by atoms with Gasteiger partial charge >= 0.3 is 0 Å². The van der Waals surface area contributed by atoms with E-state index >= 15 is 0 Å². The molecule has 1 heterocycles. The van der Waals surface area contributed by atoms with E-state index in [1.807, 2.05) is 19.1 Å². The first-order chi connectivity index (χ1) is 9.61. The average molecular weight is 372 g/mol. The van der Waals surface area contributed by atoms with Crippen molar-refractivity contribution in [1.82, 2.24) is 5.43 Å². The molecule has 1 aromatic carbocycles. The molecule has 0 aliphatic carbocycles. The summed E-state index contributed by atoms with van der Waals surface area (Å²) in [6.45, 7) is 1.99. The molecule has 1 aromatic heterocycles. The van der Waals surface area contributed by atoms with Crippen molar-refractivity contribution in [3.05, 3.63) is 55.6 Å². The van der Waals surface area contributed by atoms with Gasteiger partial charge in [0.2, 0.25) is 0 Å². The van der Waals surface area contributed by atoms with Crippen LogP contribution in [0.1, 0.15) is 28.6 Å². The zero-order chi connectivity index (χ0) is 14.5. The SMILES string of the molecule is CC/C(=N/NC(=O)c1ccccc1Cl)c1ccc(Br)s1. The summed E-state index contributed by atoms with van der Waals surface area (Å²) < 4.78 is 1.03. The van der Waals surface area contributed by atoms with Gasteiger partial charge in [-0.1, -0.05) is 30.7 Å². The van der Waals surface area contributed by atoms with Crippen LogP contribution in [0.15, 0.2) is 45.3 Å². The zero-order valence-electron chi connectivity index (χ0n) is 10.7. The molecule has 2 rings (SSSR count). The number of halogens is 2. The maximum Gasteiger partial charge on any atom is 0.272 e. The summed E-state index contributed by atoms with van der Waals surface area (Å²) in [4.78, 5) is 13.0. The summed E-state index contributed by atoms with van der Waals surface area (Å²) in [6.07, 6.45) is 0.732. The van der Waals surface area contributed by atoms with Gasteiger partial charge in [0, 0.05) is 0 Å². The van der Waals surface area contributed by atoms with Crippen molar-refractivity contribution in [3.8, 4) is 0 Å². The Balaban J connectivity index is 2.15. The Hall–Kier alpha value is -1.17. The third-order valence-electron chi connectivity index (χ3n) is 2.60. The van der Waals surface area contributed by atoms with Crippen LogP contribution in [0.25, 0.3) is 0 Å². The van der Waals surface area contributed by atoms with Crippen molar-refractivity contribution in [1.29, 1.82) is 0 Å². The van der Waals surface area contributed by atoms with E-state index in [1.54, 1.807) is 35.6 Å². The van der Waals surface area contributed by atoms with E-state index in [2.05, 4.69) is 26.5 Å². The Morgan fingerprint density at radius 2 is 2.10 bits per heavy atom. The molecule has 0 saturated heterocycles. The highest BCUT2D eigenvalue weighted by atomic mass is 79.9. The van der Waals surface area contributed by atoms with E-state index in [9.17, 15) is 4.79 Å². The fourth-order valence-electron chi connectivity index (χ4n) is 1.60. The number of carbonyl (C=O) groups excluding carboxylic acids is 1. The summed E-state index contributed by atoms with van der Waals surface area (Å²) in [5.41, 5.74) is 3.81. The standard InChI is InChI=1S/C14H12BrClN2OS/c1-2-11(12-7-8-13(15)20-12)17-18-14(19)9-5-3-4-6-10(9)16/h3-8H,2H2,1H3,(H,18,19)/b17-11-. The maximum absolute atomic E-state index is 12.0. The first-order valence-electron chi connectivity index (χ1n) is 5.99. The Bertz CT molecular complexity index is 654. The van der Waals surface area contributed by atoms with Crippen LogP contribution in [-0.2, 0) is 0 Å². The summed E-state index contributed by atoms with van der Waals surface area (Å²) in [7, 11) is 0. The lowest BCUT2D eigenvalue weighted by molar-refractivity contribution is 0.0955. The molecular formula is C14H12BrClN2OS. The smallest absolute Gasteiger partial charge is 0.267 e. The van der Waals surface area contributed by atoms with Gasteiger partial charge < -0.3 is 0 Å². The Kier molecular flexibility index (Phi) is 5.34. The fourth-order valence-corrected chi connectivity index (χ4v) is 3.27. The van der Waals surface area contributed by atoms with Gasteiger partial charge in [-0.05, 0) is 46.6 Å². The Morgan fingerprint density at radius 1 is 1.35 bits per heavy atom. The van der Waals surface area contributed by atoms with Crippen molar-refractivity contribution >= 4 is 50.5 Å². The van der Waals surface area contributed by atoms with Crippen molar-refractivity contribution in [2.24, 2.45) is 5.10 Å². The van der Waals surface area contributed by atoms with Crippen LogP contribution < -0.4 is 5.43 Å². The van der Waals surface area contributed by atoms with Gasteiger partial charge in [-0.2, -0.15) is 5.10 Å². The second-order valence-corrected chi connectivity index (χ2v) is 6.81. The number of carbonyl (C=O) groups is 1. The first kappa shape index (κ1) is 15.2. The lowest BCUT2D eigenvalue weighted by atomic mass is 10.2. The van der Waals surface area contributed by atoms with Crippen LogP contribution in [0.3, 0.4) is 0 Å². The van der Waals surface area contributed by atoms with E-state index in [4.69, 9.17) is 11.6 Å². The monoisotopic (exact) mass is 370 g/mol. The van der Waals surface area contributed by atoms with Gasteiger partial charge in [-0.15, -0.1) is 11.3 Å². The van der Waals surface area contributed by atoms with E-state index in [1.165, 1.54) is 0 Å². The lowest BCUT2D eigenvalue weighted by Crippen LogP contribution is -2.20. The average Bonchev–Trinajstić information content (AvgIpc) is 2.86. The van der Waals surface area contributed by atoms with Gasteiger partial charge in [0.25, 0.3) is 5.91 Å². The Labute approximate surface area is 134 Å². The molecule has 2 aromatic rings. The molecule has 0 radical (unpaired) electrons. The minimum atomic E-state index is -0.308. The van der Waals surface area contributed by atoms with Crippen molar-refractivity contribution in [2.45, 2.75) is 13.3 Å². The molecule has 0 fully saturated rings. The third kappa shape index (κ3) is 3.69. The normalized spacial score (nSPS) is 11.4. The quantitative estimate of drug-likeness (QED) is 0.614. The van der Waals surface area contributed by atoms with Gasteiger partial charge in [-0.25, -0.2) is 5.43 Å². The van der Waals surface area contributed by atoms with Crippen molar-refractivity contribution < 1.29 is 4.79 Å². The van der Waals surface area contributed by atoms with Crippen molar-refractivity contribution in [3.63, 3.8) is 0 Å². The molecule has 0 atom stereocenters. The number of benzene rings is 1. The summed E-state index contributed by atoms with van der Waals surface area (Å²) in [5, 5.41) is 4.61. The number of hydrazone groups is 1. The predicted octanol–water partition coefficient (Wildman–Crippen LogP) is 4.71. The second-order valence-electron chi connectivity index (χ2n) is 3.94. The number of nitrogens with zero attached hydrogens (tertiary/aromatic N) is 1. The van der Waals surface area contributed by atoms with Gasteiger partial charge in [0.15, 0.2) is 0 Å². The topological polar surface area (TPSA) is 41.5 Å². The minimum absolute atomic E-state index is 0.308. The van der Waals surface area contributed by atoms with E-state index < -0.39 is 0 Å². The summed E-state index contributed by atoms with van der Waals surface area (Å²) in [5.74, 6) is -0.308. The maximum atomic E-state index is 12.0. The first-order valence-corrected chi connectivity index (χ1v) is 7.97. The van der Waals surface area contributed by atoms with Crippen molar-refractivity contribution in [2.75, 3.05) is 0 Å². The number of hydrogen-bond acceptors (Lipinski definition) is 3. The predicted molar refractivity (Wildman–Crippen MR) is 87.8 cm³/mol. The molecule has 0 unspecified atom stereocenters. The molecule has 1 amide bonds. The second kappa shape index (κ2) is 7.02. The molecule has 104 valence electrons. The van der Waals surface area contributed by atoms with Crippen LogP contribution in [-0.4, -0.2) is 11.6 Å². The summed E-state index contributed by atoms with van der Waals surface area (Å²) >= 11 is 11.0. The number of rotatable bonds is 4. The molecule has 3 nitrogen and oxygen atoms in total. The molecule has 0 aliphatic rings. The summed E-state index contributed by atoms with van der Waals surface area (Å²) in [6, 6.07) is 10.8. The molecule has 0 bridgehead atoms. The molecule has 6 heteroatoms. The van der Waals surface area contributed by atoms with Gasteiger partial charge in [0.05, 0.1) is 25.0 Å². The van der Waals surface area contributed by atoms with Gasteiger partial charge in [0.1, 0.15) is 0 Å². The Morgan fingerprint density at radius 3 is 2.70 bits per heavy atom. The zero-order valence-corrected chi connectivity index (χ0v) is 13.8. The lowest BCUT2D eigenvalue weighted by Gasteiger charge is -2.04. The third-order valence-corrected chi connectivity index (χ3v) is 4.61. The largest absolute Gasteiger partial charge is 0.272 e. The molecule has 1 N–H and O–H groups in total. The molecular weight excluding hydrogens is 360 g/mol. The minimum Gasteiger partial charge on any atom is -0.267 e. The number of nitrogens with one attached hydrogen (secondary N) is 1. The molecule has 0 saturated carbocycles. The highest BCUT2D eigenvalue weighted by molar-refractivity contribution is 9.11. The van der Waals surface area contributed by atoms with E-state index in [-0.39, 0.29) is 5.91 Å². The highest BCUT2D eigenvalue weighted by Gasteiger charge is 2.10. The molecule has 0 spiro atoms. The van der Waals surface area contributed by atoms with Crippen LogP contribution in [0.5, 0.6) is 0 Å². The fraction of sp³-hybridized carbons (Fsp3) is 0.143. The number of amides is 1. The molecule has 0 aliphatic heterocycles. The van der Waals surface area contributed by atoms with E-state index in [0.717, 1.165) is 20.8 Å². The van der Waals surface area contributed by atoms with Crippen LogP contribution >= 0.6 is 38.9 Å². The van der Waals surface area contributed by atoms with E-state index in [0.29, 0.717) is 10.6 Å². The van der Waals surface area contributed by atoms with Crippen LogP contribution in [0, 0.1) is 0 Å². The number of thiophene rings is 1. The number of hydrogen-bond donors (Lipinski definition) is 1. The van der Waals surface area contributed by atoms with Gasteiger partial charge in [-0.3, -0.25) is 4.79 Å². The van der Waals surface area contributed by atoms with Crippen LogP contribution in [0.4, 0.5) is 0 Å². The molecule has 20 heavy (non-hydrogen) atoms. The highest BCUT2D eigenvalue weighted by Crippen LogP contribution is 2.23.